The van der Waals surface area contributed by atoms with E-state index in [2.05, 4.69) is 17.1 Å². The summed E-state index contributed by atoms with van der Waals surface area (Å²) in [7, 11) is 0. The summed E-state index contributed by atoms with van der Waals surface area (Å²) in [6.07, 6.45) is 0.716. The van der Waals surface area contributed by atoms with Crippen LogP contribution in [-0.2, 0) is 4.79 Å². The van der Waals surface area contributed by atoms with Gasteiger partial charge in [0.2, 0.25) is 5.91 Å². The van der Waals surface area contributed by atoms with Crippen LogP contribution in [-0.4, -0.2) is 76.8 Å². The normalized spacial score (nSPS) is 27.7. The molecule has 2 aliphatic heterocycles. The quantitative estimate of drug-likeness (QED) is 0.777. The van der Waals surface area contributed by atoms with E-state index in [4.69, 9.17) is 0 Å². The van der Waals surface area contributed by atoms with Crippen LogP contribution in [0.1, 0.15) is 20.3 Å². The molecule has 8 heteroatoms. The Labute approximate surface area is 144 Å². The van der Waals surface area contributed by atoms with Crippen LogP contribution >= 0.6 is 36.6 Å². The van der Waals surface area contributed by atoms with E-state index in [1.165, 1.54) is 0 Å². The third-order valence-electron chi connectivity index (χ3n) is 3.90. The van der Waals surface area contributed by atoms with Crippen LogP contribution in [0.5, 0.6) is 0 Å². The van der Waals surface area contributed by atoms with Crippen molar-refractivity contribution < 1.29 is 9.90 Å². The van der Waals surface area contributed by atoms with Crippen molar-refractivity contribution in [3.63, 3.8) is 0 Å². The van der Waals surface area contributed by atoms with Gasteiger partial charge in [0.1, 0.15) is 0 Å². The Morgan fingerprint density at radius 3 is 2.67 bits per heavy atom. The molecule has 2 N–H and O–H groups in total. The van der Waals surface area contributed by atoms with Gasteiger partial charge in [-0.3, -0.25) is 15.0 Å². The molecular weight excluding hydrogens is 333 g/mol. The maximum Gasteiger partial charge on any atom is 0.240 e. The van der Waals surface area contributed by atoms with Crippen LogP contribution in [0.4, 0.5) is 0 Å². The fourth-order valence-electron chi connectivity index (χ4n) is 2.83. The lowest BCUT2D eigenvalue weighted by atomic mass is 10.1. The summed E-state index contributed by atoms with van der Waals surface area (Å²) >= 11 is 1.79. The van der Waals surface area contributed by atoms with Crippen molar-refractivity contribution in [2.45, 2.75) is 38.5 Å². The zero-order valence-corrected chi connectivity index (χ0v) is 15.1. The maximum atomic E-state index is 12.4. The van der Waals surface area contributed by atoms with Crippen molar-refractivity contribution in [3.05, 3.63) is 0 Å². The highest BCUT2D eigenvalue weighted by Crippen LogP contribution is 2.17. The molecule has 3 unspecified atom stereocenters. The summed E-state index contributed by atoms with van der Waals surface area (Å²) in [6.45, 7) is 7.13. The molecule has 0 aromatic rings. The van der Waals surface area contributed by atoms with Gasteiger partial charge in [0.25, 0.3) is 0 Å². The van der Waals surface area contributed by atoms with Crippen molar-refractivity contribution in [1.29, 1.82) is 0 Å². The van der Waals surface area contributed by atoms with Crippen molar-refractivity contribution in [1.82, 2.24) is 15.1 Å². The third kappa shape index (κ3) is 5.77. The fourth-order valence-corrected chi connectivity index (χ4v) is 3.77. The number of amides is 1. The van der Waals surface area contributed by atoms with Crippen LogP contribution in [0.25, 0.3) is 0 Å². The van der Waals surface area contributed by atoms with Gasteiger partial charge in [-0.15, -0.1) is 36.6 Å². The highest BCUT2D eigenvalue weighted by Gasteiger charge is 2.33. The van der Waals surface area contributed by atoms with Crippen LogP contribution in [0.15, 0.2) is 0 Å². The predicted molar refractivity (Wildman–Crippen MR) is 92.7 cm³/mol. The highest BCUT2D eigenvalue weighted by atomic mass is 35.5. The molecule has 0 aromatic heterocycles. The molecule has 5 nitrogen and oxygen atoms in total. The fraction of sp³-hybridized carbons (Fsp3) is 0.923. The summed E-state index contributed by atoms with van der Waals surface area (Å²) in [5.74, 6) is 2.03. The van der Waals surface area contributed by atoms with E-state index in [1.54, 1.807) is 11.8 Å². The first-order valence-electron chi connectivity index (χ1n) is 7.13. The van der Waals surface area contributed by atoms with Gasteiger partial charge in [0, 0.05) is 43.9 Å². The minimum atomic E-state index is -0.302. The Morgan fingerprint density at radius 2 is 2.14 bits per heavy atom. The Balaban J connectivity index is 0.00000200. The molecule has 0 saturated carbocycles. The standard InChI is InChI=1S/C13H25N3O2S.2ClH/c1-3-11-7-16(5-4-15(11)6-10(2)17)13(18)12-8-19-9-14-12;;/h10-12,14,17H,3-9H2,1-2H3;2*1H. The zero-order chi connectivity index (χ0) is 13.8. The molecule has 0 radical (unpaired) electrons. The van der Waals surface area contributed by atoms with E-state index in [0.717, 1.165) is 37.7 Å². The number of halogens is 2. The molecule has 21 heavy (non-hydrogen) atoms. The number of hydrogen-bond donors (Lipinski definition) is 2. The lowest BCUT2D eigenvalue weighted by molar-refractivity contribution is -0.136. The van der Waals surface area contributed by atoms with Crippen LogP contribution in [0.3, 0.4) is 0 Å². The summed E-state index contributed by atoms with van der Waals surface area (Å²) in [5, 5.41) is 12.8. The SMILES string of the molecule is CCC1CN(C(=O)C2CSCN2)CCN1CC(C)O.Cl.Cl. The van der Waals surface area contributed by atoms with Crippen molar-refractivity contribution in [3.8, 4) is 0 Å². The van der Waals surface area contributed by atoms with Crippen LogP contribution < -0.4 is 5.32 Å². The number of carbonyl (C=O) groups is 1. The van der Waals surface area contributed by atoms with E-state index in [-0.39, 0.29) is 42.9 Å². The van der Waals surface area contributed by atoms with Gasteiger partial charge in [-0.05, 0) is 13.3 Å². The van der Waals surface area contributed by atoms with Gasteiger partial charge in [0.15, 0.2) is 0 Å². The van der Waals surface area contributed by atoms with Gasteiger partial charge in [0.05, 0.1) is 12.1 Å². The second-order valence-electron chi connectivity index (χ2n) is 5.46. The van der Waals surface area contributed by atoms with E-state index >= 15 is 0 Å². The monoisotopic (exact) mass is 359 g/mol. The number of carbonyl (C=O) groups excluding carboxylic acids is 1. The van der Waals surface area contributed by atoms with Gasteiger partial charge in [-0.25, -0.2) is 0 Å². The number of aliphatic hydroxyl groups excluding tert-OH is 1. The smallest absolute Gasteiger partial charge is 0.240 e. The summed E-state index contributed by atoms with van der Waals surface area (Å²) in [4.78, 5) is 16.7. The maximum absolute atomic E-state index is 12.4. The molecule has 0 aliphatic carbocycles. The molecule has 2 saturated heterocycles. The molecule has 2 fully saturated rings. The van der Waals surface area contributed by atoms with Crippen LogP contribution in [0.2, 0.25) is 0 Å². The molecule has 0 spiro atoms. The first kappa shape index (κ1) is 21.3. The first-order chi connectivity index (χ1) is 9.11. The lowest BCUT2D eigenvalue weighted by Gasteiger charge is -2.42. The van der Waals surface area contributed by atoms with E-state index in [9.17, 15) is 9.90 Å². The molecule has 126 valence electrons. The summed E-state index contributed by atoms with van der Waals surface area (Å²) < 4.78 is 0. The van der Waals surface area contributed by atoms with E-state index in [1.807, 2.05) is 11.8 Å². The number of hydrogen-bond acceptors (Lipinski definition) is 5. The minimum Gasteiger partial charge on any atom is -0.392 e. The number of nitrogens with zero attached hydrogens (tertiary/aromatic N) is 2. The number of piperazine rings is 1. The summed E-state index contributed by atoms with van der Waals surface area (Å²) in [6, 6.07) is 0.382. The van der Waals surface area contributed by atoms with Gasteiger partial charge in [-0.1, -0.05) is 6.92 Å². The average molecular weight is 360 g/mol. The molecular formula is C13H27Cl2N3O2S. The van der Waals surface area contributed by atoms with Crippen LogP contribution in [0, 0.1) is 0 Å². The van der Waals surface area contributed by atoms with Gasteiger partial charge >= 0.3 is 0 Å². The summed E-state index contributed by atoms with van der Waals surface area (Å²) in [5.41, 5.74) is 0. The van der Waals surface area contributed by atoms with E-state index in [0.29, 0.717) is 12.6 Å². The second kappa shape index (κ2) is 10.1. The predicted octanol–water partition coefficient (Wildman–Crippen LogP) is 0.796. The zero-order valence-electron chi connectivity index (χ0n) is 12.7. The number of thioether (sulfide) groups is 1. The number of rotatable bonds is 4. The number of β-amino-alcohol motifs (C(OH)–C–C–N with tert-alkyl or cyclic N) is 1. The molecule has 2 aliphatic rings. The van der Waals surface area contributed by atoms with E-state index < -0.39 is 0 Å². The third-order valence-corrected chi connectivity index (χ3v) is 4.84. The topological polar surface area (TPSA) is 55.8 Å². The molecule has 2 heterocycles. The molecule has 2 rings (SSSR count). The number of nitrogens with one attached hydrogen (secondary N) is 1. The average Bonchev–Trinajstić information content (AvgIpc) is 2.91. The second-order valence-corrected chi connectivity index (χ2v) is 6.49. The lowest BCUT2D eigenvalue weighted by Crippen LogP contribution is -2.58. The van der Waals surface area contributed by atoms with Gasteiger partial charge < -0.3 is 10.0 Å². The van der Waals surface area contributed by atoms with Crippen molar-refractivity contribution in [2.75, 3.05) is 37.8 Å². The Morgan fingerprint density at radius 1 is 1.43 bits per heavy atom. The van der Waals surface area contributed by atoms with Crippen molar-refractivity contribution in [2.24, 2.45) is 0 Å². The molecule has 1 amide bonds. The van der Waals surface area contributed by atoms with Crippen molar-refractivity contribution >= 4 is 42.5 Å². The molecule has 0 aromatic carbocycles. The Kier molecular flexibility index (Phi) is 10.3. The minimum absolute atomic E-state index is 0. The Bertz CT molecular complexity index is 318. The Hall–Kier alpha value is 0.280. The molecule has 0 bridgehead atoms. The largest absolute Gasteiger partial charge is 0.392 e. The molecule has 3 atom stereocenters. The highest BCUT2D eigenvalue weighted by molar-refractivity contribution is 7.99. The van der Waals surface area contributed by atoms with Gasteiger partial charge in [-0.2, -0.15) is 0 Å². The number of aliphatic hydroxyl groups is 1. The first-order valence-corrected chi connectivity index (χ1v) is 8.29.